The van der Waals surface area contributed by atoms with Gasteiger partial charge in [-0.3, -0.25) is 9.59 Å². The number of aromatic nitrogens is 3. The number of pyridine rings is 1. The summed E-state index contributed by atoms with van der Waals surface area (Å²) >= 11 is 0. The Morgan fingerprint density at radius 1 is 1.00 bits per heavy atom. The average Bonchev–Trinajstić information content (AvgIpc) is 3.68. The van der Waals surface area contributed by atoms with E-state index in [-0.39, 0.29) is 48.8 Å². The van der Waals surface area contributed by atoms with Gasteiger partial charge in [-0.1, -0.05) is 18.2 Å². The van der Waals surface area contributed by atoms with Crippen molar-refractivity contribution in [2.45, 2.75) is 82.6 Å². The number of fused-ring (bicyclic) bond motifs is 2. The molecule has 0 radical (unpaired) electrons. The fraction of sp³-hybridized carbons (Fsp3) is 0.528. The first-order valence-corrected chi connectivity index (χ1v) is 17.0. The molecule has 0 spiro atoms. The lowest BCUT2D eigenvalue weighted by atomic mass is 9.83. The summed E-state index contributed by atoms with van der Waals surface area (Å²) in [6, 6.07) is 12.1. The number of nitrogens with two attached hydrogens (primary N) is 1. The number of hydrogen-bond donors (Lipinski definition) is 2. The highest BCUT2D eigenvalue weighted by atomic mass is 19.1. The Kier molecular flexibility index (Phi) is 7.40. The molecule has 3 N–H and O–H groups in total. The second-order valence-electron chi connectivity index (χ2n) is 14.3. The van der Waals surface area contributed by atoms with Gasteiger partial charge in [-0.05, 0) is 81.5 Å². The van der Waals surface area contributed by atoms with Crippen molar-refractivity contribution in [2.24, 2.45) is 17.6 Å². The van der Waals surface area contributed by atoms with Crippen molar-refractivity contribution in [3.63, 3.8) is 0 Å². The zero-order chi connectivity index (χ0) is 31.7. The van der Waals surface area contributed by atoms with Crippen LogP contribution in [0.3, 0.4) is 0 Å². The van der Waals surface area contributed by atoms with Crippen molar-refractivity contribution < 1.29 is 19.1 Å². The minimum absolute atomic E-state index is 0.0392. The van der Waals surface area contributed by atoms with Gasteiger partial charge in [0.25, 0.3) is 5.91 Å². The van der Waals surface area contributed by atoms with Crippen LogP contribution >= 0.6 is 0 Å². The minimum Gasteiger partial charge on any atom is -0.393 e. The smallest absolute Gasteiger partial charge is 0.255 e. The van der Waals surface area contributed by atoms with E-state index in [1.165, 1.54) is 34.2 Å². The van der Waals surface area contributed by atoms with E-state index in [1.54, 1.807) is 16.8 Å². The van der Waals surface area contributed by atoms with Crippen molar-refractivity contribution in [1.29, 1.82) is 0 Å². The lowest BCUT2D eigenvalue weighted by molar-refractivity contribution is -0.141. The fourth-order valence-corrected chi connectivity index (χ4v) is 8.03. The summed E-state index contributed by atoms with van der Waals surface area (Å²) < 4.78 is 18.4. The number of carbonyl (C=O) groups excluding carboxylic acids is 2. The Labute approximate surface area is 268 Å². The van der Waals surface area contributed by atoms with Crippen molar-refractivity contribution in [1.82, 2.24) is 24.0 Å². The van der Waals surface area contributed by atoms with E-state index in [1.807, 2.05) is 11.0 Å². The molecule has 4 fully saturated rings. The predicted octanol–water partition coefficient (Wildman–Crippen LogP) is 4.66. The number of aliphatic hydroxyl groups excluding tert-OH is 1. The molecule has 2 aliphatic carbocycles. The van der Waals surface area contributed by atoms with E-state index in [0.717, 1.165) is 67.8 Å². The Bertz CT molecular complexity index is 1800. The molecule has 5 heterocycles. The maximum absolute atomic E-state index is 14.2. The molecule has 4 aliphatic rings. The third kappa shape index (κ3) is 5.29. The number of aliphatic hydroxyl groups is 1. The lowest BCUT2D eigenvalue weighted by Crippen LogP contribution is -2.51. The van der Waals surface area contributed by atoms with Crippen LogP contribution in [0.25, 0.3) is 27.8 Å². The second-order valence-corrected chi connectivity index (χ2v) is 14.3. The van der Waals surface area contributed by atoms with Crippen molar-refractivity contribution in [3.8, 4) is 11.4 Å². The maximum atomic E-state index is 14.2. The topological polar surface area (TPSA) is 109 Å². The number of benzene rings is 1. The normalized spacial score (nSPS) is 25.7. The highest BCUT2D eigenvalue weighted by Crippen LogP contribution is 2.41. The molecule has 0 unspecified atom stereocenters. The van der Waals surface area contributed by atoms with E-state index < -0.39 is 6.17 Å². The number of nitrogens with zero attached hydrogens (tertiary/aromatic N) is 5. The van der Waals surface area contributed by atoms with E-state index in [0.29, 0.717) is 18.0 Å². The molecule has 8 rings (SSSR count). The number of piperidine rings is 1. The first-order chi connectivity index (χ1) is 22.2. The summed E-state index contributed by atoms with van der Waals surface area (Å²) in [5.74, 6) is 0.981. The van der Waals surface area contributed by atoms with Crippen LogP contribution in [-0.2, 0) is 11.3 Å². The summed E-state index contributed by atoms with van der Waals surface area (Å²) in [5, 5.41) is 16.1. The van der Waals surface area contributed by atoms with Gasteiger partial charge in [0.2, 0.25) is 5.91 Å². The van der Waals surface area contributed by atoms with Crippen LogP contribution in [0.1, 0.15) is 72.3 Å². The summed E-state index contributed by atoms with van der Waals surface area (Å²) in [4.78, 5) is 30.1. The maximum Gasteiger partial charge on any atom is 0.255 e. The van der Waals surface area contributed by atoms with Gasteiger partial charge in [-0.15, -0.1) is 0 Å². The summed E-state index contributed by atoms with van der Waals surface area (Å²) in [6.45, 7) is 4.88. The second kappa shape index (κ2) is 11.5. The van der Waals surface area contributed by atoms with Crippen molar-refractivity contribution in [2.75, 3.05) is 26.2 Å². The zero-order valence-corrected chi connectivity index (χ0v) is 26.4. The number of rotatable bonds is 6. The first kappa shape index (κ1) is 29.6. The Balaban J connectivity index is 1.11. The third-order valence-corrected chi connectivity index (χ3v) is 10.9. The van der Waals surface area contributed by atoms with Gasteiger partial charge in [-0.2, -0.15) is 5.10 Å². The van der Waals surface area contributed by atoms with Gasteiger partial charge in [0.05, 0.1) is 34.9 Å². The third-order valence-electron chi connectivity index (χ3n) is 10.9. The number of alkyl halides is 1. The van der Waals surface area contributed by atoms with Crippen LogP contribution in [0.5, 0.6) is 0 Å². The minimum atomic E-state index is -1.11. The van der Waals surface area contributed by atoms with Crippen LogP contribution in [0.15, 0.2) is 42.6 Å². The summed E-state index contributed by atoms with van der Waals surface area (Å²) in [7, 11) is 0. The number of amides is 2. The molecule has 0 bridgehead atoms. The van der Waals surface area contributed by atoms with Gasteiger partial charge in [0, 0.05) is 61.2 Å². The van der Waals surface area contributed by atoms with Crippen LogP contribution in [0.2, 0.25) is 0 Å². The van der Waals surface area contributed by atoms with Gasteiger partial charge in [-0.25, -0.2) is 8.91 Å². The highest BCUT2D eigenvalue weighted by Gasteiger charge is 2.38. The van der Waals surface area contributed by atoms with Crippen molar-refractivity contribution >= 4 is 28.2 Å². The first-order valence-electron chi connectivity index (χ1n) is 17.0. The Hall–Kier alpha value is -3.76. The fourth-order valence-electron chi connectivity index (χ4n) is 8.03. The molecular weight excluding hydrogens is 583 g/mol. The molecule has 2 saturated carbocycles. The molecule has 2 saturated heterocycles. The molecule has 2 amide bonds. The number of para-hydroxylation sites is 1. The van der Waals surface area contributed by atoms with E-state index in [2.05, 4.69) is 35.8 Å². The number of halogens is 1. The molecule has 1 aromatic carbocycles. The predicted molar refractivity (Wildman–Crippen MR) is 174 cm³/mol. The van der Waals surface area contributed by atoms with Crippen LogP contribution < -0.4 is 5.73 Å². The van der Waals surface area contributed by atoms with Gasteiger partial charge in [0.15, 0.2) is 0 Å². The van der Waals surface area contributed by atoms with Gasteiger partial charge >= 0.3 is 0 Å². The monoisotopic (exact) mass is 626 g/mol. The highest BCUT2D eigenvalue weighted by molar-refractivity contribution is 5.95. The molecular formula is C36H43FN6O3. The SMILES string of the molecule is Cc1c(-c2cc3cccc(C4CN(C(=O)[C@H]5CC[C@H](O)CC5)C4)c3n2CC2CC2)nn2cc(C(=O)N3C[C@H](N)C[C@@H](F)C3)ccc12. The molecule has 9 nitrogen and oxygen atoms in total. The molecule has 10 heteroatoms. The van der Waals surface area contributed by atoms with E-state index >= 15 is 0 Å². The van der Waals surface area contributed by atoms with Crippen LogP contribution in [0.4, 0.5) is 4.39 Å². The number of carbonyl (C=O) groups is 2. The molecule has 4 aromatic rings. The van der Waals surface area contributed by atoms with Gasteiger partial charge in [0.1, 0.15) is 11.9 Å². The Morgan fingerprint density at radius 2 is 1.78 bits per heavy atom. The van der Waals surface area contributed by atoms with Crippen LogP contribution in [-0.4, -0.2) is 85.4 Å². The van der Waals surface area contributed by atoms with E-state index in [9.17, 15) is 19.1 Å². The van der Waals surface area contributed by atoms with Crippen LogP contribution in [0, 0.1) is 18.8 Å². The Morgan fingerprint density at radius 3 is 2.52 bits per heavy atom. The summed E-state index contributed by atoms with van der Waals surface area (Å²) in [6.07, 6.45) is 6.11. The molecule has 3 aromatic heterocycles. The zero-order valence-electron chi connectivity index (χ0n) is 26.4. The van der Waals surface area contributed by atoms with E-state index in [4.69, 9.17) is 10.8 Å². The van der Waals surface area contributed by atoms with Gasteiger partial charge < -0.3 is 25.2 Å². The largest absolute Gasteiger partial charge is 0.393 e. The molecule has 2 atom stereocenters. The summed E-state index contributed by atoms with van der Waals surface area (Å²) in [5.41, 5.74) is 12.9. The molecule has 242 valence electrons. The average molecular weight is 627 g/mol. The number of hydrogen-bond acceptors (Lipinski definition) is 5. The van der Waals surface area contributed by atoms with Crippen molar-refractivity contribution in [3.05, 3.63) is 59.3 Å². The molecule has 46 heavy (non-hydrogen) atoms. The number of aryl methyl sites for hydroxylation is 1. The lowest BCUT2D eigenvalue weighted by Gasteiger charge is -2.42. The molecule has 2 aliphatic heterocycles. The standard InChI is InChI=1S/C36H43FN6O3/c1-21-31-12-9-25(36(46)41-19-27(37)14-28(38)20-41)18-43(31)39-33(21)32-13-24-3-2-4-30(34(24)42(32)15-22-5-6-22)26-16-40(17-26)35(45)23-7-10-29(44)11-8-23/h2-4,9,12-13,18,22-23,26-29,44H,5-8,10-11,14-17,19-20,38H2,1H3/t23-,27-,28-,29-/m1/s1. The quantitative estimate of drug-likeness (QED) is 0.324. The number of likely N-dealkylation sites (tertiary alicyclic amines) is 2.